The van der Waals surface area contributed by atoms with Crippen molar-refractivity contribution in [3.8, 4) is 6.07 Å². The van der Waals surface area contributed by atoms with Crippen molar-refractivity contribution in [3.63, 3.8) is 0 Å². The minimum absolute atomic E-state index is 0.616. The summed E-state index contributed by atoms with van der Waals surface area (Å²) in [6.07, 6.45) is 0. The smallest absolute Gasteiger partial charge is 0.113 e. The van der Waals surface area contributed by atoms with Crippen LogP contribution >= 0.6 is 27.3 Å². The van der Waals surface area contributed by atoms with E-state index < -0.39 is 0 Å². The second kappa shape index (κ2) is 5.61. The number of fused-ring (bicyclic) bond motifs is 1. The molecule has 0 unspecified atom stereocenters. The summed E-state index contributed by atoms with van der Waals surface area (Å²) >= 11 is 5.08. The predicted molar refractivity (Wildman–Crippen MR) is 85.8 cm³/mol. The number of nitriles is 1. The van der Waals surface area contributed by atoms with Gasteiger partial charge in [-0.2, -0.15) is 5.26 Å². The van der Waals surface area contributed by atoms with E-state index in [1.807, 2.05) is 30.3 Å². The van der Waals surface area contributed by atoms with Gasteiger partial charge in [-0.1, -0.05) is 28.1 Å². The van der Waals surface area contributed by atoms with E-state index in [4.69, 9.17) is 5.26 Å². The molecule has 0 amide bonds. The molecule has 20 heavy (non-hydrogen) atoms. The Balaban J connectivity index is 1.83. The summed E-state index contributed by atoms with van der Waals surface area (Å²) in [5.41, 5.74) is 2.47. The molecule has 0 spiro atoms. The van der Waals surface area contributed by atoms with Crippen molar-refractivity contribution in [1.82, 2.24) is 4.98 Å². The normalized spacial score (nSPS) is 10.4. The number of aromatic nitrogens is 1. The molecule has 0 bridgehead atoms. The van der Waals surface area contributed by atoms with Gasteiger partial charge >= 0.3 is 0 Å². The number of anilines is 1. The largest absolute Gasteiger partial charge is 0.377 e. The molecule has 98 valence electrons. The second-order valence-electron chi connectivity index (χ2n) is 4.23. The summed E-state index contributed by atoms with van der Waals surface area (Å²) < 4.78 is 2.13. The molecular weight excluding hydrogens is 334 g/mol. The van der Waals surface area contributed by atoms with Gasteiger partial charge in [0.15, 0.2) is 0 Å². The summed E-state index contributed by atoms with van der Waals surface area (Å²) in [7, 11) is 0. The van der Waals surface area contributed by atoms with E-state index in [0.29, 0.717) is 12.1 Å². The van der Waals surface area contributed by atoms with Crippen LogP contribution in [0.15, 0.2) is 46.9 Å². The van der Waals surface area contributed by atoms with Crippen LogP contribution in [-0.2, 0) is 6.54 Å². The summed E-state index contributed by atoms with van der Waals surface area (Å²) in [5, 5.41) is 13.4. The molecule has 0 saturated heterocycles. The van der Waals surface area contributed by atoms with Crippen LogP contribution in [0.25, 0.3) is 10.2 Å². The van der Waals surface area contributed by atoms with Crippen LogP contribution in [0.4, 0.5) is 5.69 Å². The molecule has 0 saturated carbocycles. The van der Waals surface area contributed by atoms with Gasteiger partial charge in [-0.05, 0) is 30.3 Å². The Hall–Kier alpha value is -1.90. The van der Waals surface area contributed by atoms with Crippen LogP contribution in [-0.4, -0.2) is 4.98 Å². The number of para-hydroxylation sites is 1. The molecule has 3 nitrogen and oxygen atoms in total. The second-order valence-corrected chi connectivity index (χ2v) is 6.26. The average molecular weight is 344 g/mol. The summed E-state index contributed by atoms with van der Waals surface area (Å²) in [5.74, 6) is 0. The van der Waals surface area contributed by atoms with E-state index in [0.717, 1.165) is 20.7 Å². The quantitative estimate of drug-likeness (QED) is 0.759. The average Bonchev–Trinajstić information content (AvgIpc) is 2.88. The number of hydrogen-bond donors (Lipinski definition) is 1. The number of nitrogens with zero attached hydrogens (tertiary/aromatic N) is 2. The molecule has 1 N–H and O–H groups in total. The fourth-order valence-electron chi connectivity index (χ4n) is 1.93. The van der Waals surface area contributed by atoms with E-state index in [-0.39, 0.29) is 0 Å². The zero-order valence-electron chi connectivity index (χ0n) is 10.4. The molecule has 3 rings (SSSR count). The van der Waals surface area contributed by atoms with Crippen LogP contribution in [0.2, 0.25) is 0 Å². The lowest BCUT2D eigenvalue weighted by atomic mass is 10.2. The first-order valence-electron chi connectivity index (χ1n) is 6.04. The van der Waals surface area contributed by atoms with E-state index in [1.54, 1.807) is 17.4 Å². The van der Waals surface area contributed by atoms with E-state index in [2.05, 4.69) is 38.4 Å². The molecule has 1 heterocycles. The molecule has 2 aromatic carbocycles. The Kier molecular flexibility index (Phi) is 3.68. The van der Waals surface area contributed by atoms with Gasteiger partial charge in [0.25, 0.3) is 0 Å². The zero-order valence-corrected chi connectivity index (χ0v) is 12.8. The third-order valence-electron chi connectivity index (χ3n) is 2.87. The van der Waals surface area contributed by atoms with Crippen LogP contribution in [0.5, 0.6) is 0 Å². The molecule has 0 aliphatic heterocycles. The van der Waals surface area contributed by atoms with E-state index in [9.17, 15) is 0 Å². The van der Waals surface area contributed by atoms with Crippen molar-refractivity contribution in [1.29, 1.82) is 5.26 Å². The van der Waals surface area contributed by atoms with Gasteiger partial charge in [-0.15, -0.1) is 11.3 Å². The van der Waals surface area contributed by atoms with Gasteiger partial charge in [-0.3, -0.25) is 0 Å². The Morgan fingerprint density at radius 2 is 2.10 bits per heavy atom. The number of rotatable bonds is 3. The van der Waals surface area contributed by atoms with Gasteiger partial charge in [0, 0.05) is 4.47 Å². The molecule has 0 aliphatic carbocycles. The van der Waals surface area contributed by atoms with Crippen LogP contribution in [0.1, 0.15) is 10.6 Å². The van der Waals surface area contributed by atoms with Gasteiger partial charge < -0.3 is 5.32 Å². The summed E-state index contributed by atoms with van der Waals surface area (Å²) in [6.45, 7) is 0.616. The van der Waals surface area contributed by atoms with Crippen molar-refractivity contribution >= 4 is 43.2 Å². The van der Waals surface area contributed by atoms with Gasteiger partial charge in [0.05, 0.1) is 28.0 Å². The Morgan fingerprint density at radius 1 is 1.25 bits per heavy atom. The van der Waals surface area contributed by atoms with Gasteiger partial charge in [0.1, 0.15) is 11.1 Å². The minimum atomic E-state index is 0.616. The van der Waals surface area contributed by atoms with Crippen molar-refractivity contribution in [2.24, 2.45) is 0 Å². The standard InChI is InChI=1S/C15H10BrN3S/c16-11-6-5-10(8-17)13(7-11)18-9-15-19-12-3-1-2-4-14(12)20-15/h1-7,18H,9H2. The first kappa shape index (κ1) is 13.1. The van der Waals surface area contributed by atoms with Crippen LogP contribution < -0.4 is 5.32 Å². The molecule has 0 radical (unpaired) electrons. The molecule has 0 fully saturated rings. The SMILES string of the molecule is N#Cc1ccc(Br)cc1NCc1nc2ccccc2s1. The van der Waals surface area contributed by atoms with Crippen LogP contribution in [0, 0.1) is 11.3 Å². The van der Waals surface area contributed by atoms with E-state index in [1.165, 1.54) is 4.70 Å². The highest BCUT2D eigenvalue weighted by Gasteiger charge is 2.06. The number of nitrogens with one attached hydrogen (secondary N) is 1. The maximum absolute atomic E-state index is 9.10. The summed E-state index contributed by atoms with van der Waals surface area (Å²) in [4.78, 5) is 4.57. The minimum Gasteiger partial charge on any atom is -0.377 e. The molecule has 0 aliphatic rings. The highest BCUT2D eigenvalue weighted by molar-refractivity contribution is 9.10. The first-order chi connectivity index (χ1) is 9.76. The molecule has 0 atom stereocenters. The fourth-order valence-corrected chi connectivity index (χ4v) is 3.19. The predicted octanol–water partition coefficient (Wildman–Crippen LogP) is 4.54. The zero-order chi connectivity index (χ0) is 13.9. The third-order valence-corrected chi connectivity index (χ3v) is 4.40. The first-order valence-corrected chi connectivity index (χ1v) is 7.65. The summed E-state index contributed by atoms with van der Waals surface area (Å²) in [6, 6.07) is 15.8. The third kappa shape index (κ3) is 2.67. The van der Waals surface area contributed by atoms with Crippen molar-refractivity contribution in [2.75, 3.05) is 5.32 Å². The molecule has 1 aromatic heterocycles. The van der Waals surface area contributed by atoms with Gasteiger partial charge in [0.2, 0.25) is 0 Å². The number of hydrogen-bond acceptors (Lipinski definition) is 4. The maximum Gasteiger partial charge on any atom is 0.113 e. The topological polar surface area (TPSA) is 48.7 Å². The Morgan fingerprint density at radius 3 is 2.90 bits per heavy atom. The highest BCUT2D eigenvalue weighted by atomic mass is 79.9. The molecular formula is C15H10BrN3S. The lowest BCUT2D eigenvalue weighted by molar-refractivity contribution is 1.11. The van der Waals surface area contributed by atoms with Crippen molar-refractivity contribution in [2.45, 2.75) is 6.54 Å². The molecule has 3 aromatic rings. The van der Waals surface area contributed by atoms with Crippen molar-refractivity contribution < 1.29 is 0 Å². The number of benzene rings is 2. The maximum atomic E-state index is 9.10. The van der Waals surface area contributed by atoms with E-state index >= 15 is 0 Å². The Labute approximate surface area is 129 Å². The van der Waals surface area contributed by atoms with Crippen molar-refractivity contribution in [3.05, 3.63) is 57.5 Å². The monoisotopic (exact) mass is 343 g/mol. The molecule has 5 heteroatoms. The number of thiazole rings is 1. The van der Waals surface area contributed by atoms with Gasteiger partial charge in [-0.25, -0.2) is 4.98 Å². The fraction of sp³-hybridized carbons (Fsp3) is 0.0667. The lowest BCUT2D eigenvalue weighted by Crippen LogP contribution is -2.00. The lowest BCUT2D eigenvalue weighted by Gasteiger charge is -2.06. The number of halogens is 1. The Bertz CT molecular complexity index is 771. The van der Waals surface area contributed by atoms with Crippen LogP contribution in [0.3, 0.4) is 0 Å². The highest BCUT2D eigenvalue weighted by Crippen LogP contribution is 2.24.